The Balaban J connectivity index is 1.46. The number of nitrogen functional groups attached to an aromatic ring is 1. The SMILES string of the molecule is C#CCOC(=O)[C@H](C)NP(=O)(OC[C@H]1O[C@@H](n2cnc3c(N)ncnc32)C[C@@H]1O)Oc1ccccc1. The molecule has 3 aromatic rings. The third-order valence-corrected chi connectivity index (χ3v) is 6.93. The molecule has 2 aromatic heterocycles. The minimum atomic E-state index is -4.14. The van der Waals surface area contributed by atoms with Crippen LogP contribution in [0.1, 0.15) is 19.6 Å². The van der Waals surface area contributed by atoms with Gasteiger partial charge < -0.3 is 24.8 Å². The fraction of sp³-hybridized carbons (Fsp3) is 0.364. The normalized spacial score (nSPS) is 22.0. The molecule has 0 amide bonds. The molecule has 0 aliphatic carbocycles. The molecule has 4 rings (SSSR count). The predicted octanol–water partition coefficient (Wildman–Crippen LogP) is 1.42. The van der Waals surface area contributed by atoms with Gasteiger partial charge in [0.25, 0.3) is 0 Å². The number of nitrogens with two attached hydrogens (primary N) is 1. The van der Waals surface area contributed by atoms with Crippen LogP contribution in [0, 0.1) is 12.3 Å². The number of ether oxygens (including phenoxy) is 2. The zero-order valence-electron chi connectivity index (χ0n) is 19.3. The van der Waals surface area contributed by atoms with Crippen molar-refractivity contribution in [3.05, 3.63) is 43.0 Å². The number of carbonyl (C=O) groups is 1. The molecule has 1 saturated heterocycles. The summed E-state index contributed by atoms with van der Waals surface area (Å²) in [6, 6.07) is 7.21. The van der Waals surface area contributed by atoms with E-state index in [1.54, 1.807) is 34.9 Å². The van der Waals surface area contributed by atoms with E-state index in [0.717, 1.165) is 0 Å². The number of hydrogen-bond acceptors (Lipinski definition) is 11. The number of anilines is 1. The number of aliphatic hydroxyl groups excluding tert-OH is 1. The molecule has 1 aromatic carbocycles. The van der Waals surface area contributed by atoms with Crippen LogP contribution < -0.4 is 15.3 Å². The molecule has 0 bridgehead atoms. The Labute approximate surface area is 206 Å². The number of aliphatic hydroxyl groups is 1. The van der Waals surface area contributed by atoms with Crippen LogP contribution in [0.2, 0.25) is 0 Å². The number of benzene rings is 1. The molecule has 1 aliphatic rings. The number of fused-ring (bicyclic) bond motifs is 1. The number of terminal acetylenes is 1. The maximum atomic E-state index is 13.6. The van der Waals surface area contributed by atoms with Gasteiger partial charge in [-0.25, -0.2) is 19.5 Å². The molecule has 0 spiro atoms. The van der Waals surface area contributed by atoms with E-state index in [1.807, 2.05) is 0 Å². The highest BCUT2D eigenvalue weighted by atomic mass is 31.2. The molecule has 5 atom stereocenters. The van der Waals surface area contributed by atoms with Gasteiger partial charge in [-0.1, -0.05) is 24.1 Å². The van der Waals surface area contributed by atoms with E-state index >= 15 is 0 Å². The molecule has 3 heterocycles. The molecule has 190 valence electrons. The lowest BCUT2D eigenvalue weighted by molar-refractivity contribution is -0.143. The Hall–Kier alpha value is -3.53. The average molecular weight is 516 g/mol. The molecular formula is C22H25N6O7P. The third-order valence-electron chi connectivity index (χ3n) is 5.28. The van der Waals surface area contributed by atoms with Crippen molar-refractivity contribution in [2.24, 2.45) is 0 Å². The summed E-state index contributed by atoms with van der Waals surface area (Å²) < 4.78 is 37.2. The largest absolute Gasteiger partial charge is 0.459 e. The standard InChI is InChI=1S/C22H25N6O7P/c1-3-9-32-22(30)14(2)27-36(31,35-15-7-5-4-6-8-15)33-11-17-16(29)10-18(34-17)28-13-26-19-20(23)24-12-25-21(19)28/h1,4-8,12-14,16-18,29H,9-11H2,2H3,(H,27,31)(H2,23,24,25)/t14-,16-,17+,18+,36?/m0/s1. The quantitative estimate of drug-likeness (QED) is 0.201. The summed E-state index contributed by atoms with van der Waals surface area (Å²) in [6.45, 7) is 0.876. The van der Waals surface area contributed by atoms with Crippen LogP contribution in [0.3, 0.4) is 0 Å². The molecule has 0 radical (unpaired) electrons. The Morgan fingerprint density at radius 3 is 2.92 bits per heavy atom. The van der Waals surface area contributed by atoms with Crippen LogP contribution in [-0.4, -0.2) is 62.1 Å². The van der Waals surface area contributed by atoms with Gasteiger partial charge in [0, 0.05) is 6.42 Å². The second kappa shape index (κ2) is 11.0. The second-order valence-electron chi connectivity index (χ2n) is 7.88. The van der Waals surface area contributed by atoms with Crippen LogP contribution in [0.4, 0.5) is 5.82 Å². The number of aromatic nitrogens is 4. The number of nitrogens with zero attached hydrogens (tertiary/aromatic N) is 4. The van der Waals surface area contributed by atoms with Crippen molar-refractivity contribution in [3.63, 3.8) is 0 Å². The first-order valence-corrected chi connectivity index (χ1v) is 12.5. The maximum absolute atomic E-state index is 13.6. The van der Waals surface area contributed by atoms with Gasteiger partial charge in [-0.3, -0.25) is 13.9 Å². The van der Waals surface area contributed by atoms with Gasteiger partial charge in [-0.2, -0.15) is 5.09 Å². The summed E-state index contributed by atoms with van der Waals surface area (Å²) in [5.41, 5.74) is 6.69. The van der Waals surface area contributed by atoms with Crippen LogP contribution in [0.15, 0.2) is 43.0 Å². The lowest BCUT2D eigenvalue weighted by atomic mass is 10.2. The van der Waals surface area contributed by atoms with E-state index in [-0.39, 0.29) is 31.2 Å². The molecule has 1 aliphatic heterocycles. The van der Waals surface area contributed by atoms with Crippen molar-refractivity contribution < 1.29 is 33.0 Å². The van der Waals surface area contributed by atoms with Crippen molar-refractivity contribution in [3.8, 4) is 18.1 Å². The van der Waals surface area contributed by atoms with Crippen molar-refractivity contribution in [1.82, 2.24) is 24.6 Å². The van der Waals surface area contributed by atoms with Gasteiger partial charge >= 0.3 is 13.7 Å². The number of rotatable bonds is 10. The van der Waals surface area contributed by atoms with Crippen molar-refractivity contribution in [2.75, 3.05) is 18.9 Å². The topological polar surface area (TPSA) is 173 Å². The first kappa shape index (κ1) is 25.6. The van der Waals surface area contributed by atoms with Gasteiger partial charge in [0.15, 0.2) is 18.1 Å². The summed E-state index contributed by atoms with van der Waals surface area (Å²) in [4.78, 5) is 24.4. The van der Waals surface area contributed by atoms with Gasteiger partial charge in [-0.05, 0) is 19.1 Å². The number of hydrogen-bond donors (Lipinski definition) is 3. The van der Waals surface area contributed by atoms with Crippen molar-refractivity contribution in [2.45, 2.75) is 37.8 Å². The molecule has 0 saturated carbocycles. The minimum Gasteiger partial charge on any atom is -0.451 e. The highest BCUT2D eigenvalue weighted by Gasteiger charge is 2.39. The van der Waals surface area contributed by atoms with Crippen LogP contribution in [0.5, 0.6) is 5.75 Å². The first-order valence-electron chi connectivity index (χ1n) is 10.9. The average Bonchev–Trinajstić information content (AvgIpc) is 3.46. The number of nitrogens with one attached hydrogen (secondary N) is 1. The van der Waals surface area contributed by atoms with Crippen molar-refractivity contribution in [1.29, 1.82) is 0 Å². The highest BCUT2D eigenvalue weighted by molar-refractivity contribution is 7.52. The number of carbonyl (C=O) groups excluding carboxylic acids is 1. The van der Waals surface area contributed by atoms with Crippen LogP contribution in [0.25, 0.3) is 11.2 Å². The predicted molar refractivity (Wildman–Crippen MR) is 127 cm³/mol. The monoisotopic (exact) mass is 516 g/mol. The maximum Gasteiger partial charge on any atom is 0.459 e. The summed E-state index contributed by atoms with van der Waals surface area (Å²) in [6.07, 6.45) is 5.63. The summed E-state index contributed by atoms with van der Waals surface area (Å²) in [5, 5.41) is 13.1. The highest BCUT2D eigenvalue weighted by Crippen LogP contribution is 2.46. The van der Waals surface area contributed by atoms with Crippen molar-refractivity contribution >= 4 is 30.7 Å². The number of esters is 1. The summed E-state index contributed by atoms with van der Waals surface area (Å²) in [7, 11) is -4.14. The van der Waals surface area contributed by atoms with Crippen LogP contribution in [-0.2, 0) is 23.4 Å². The number of para-hydroxylation sites is 1. The first-order chi connectivity index (χ1) is 17.3. The smallest absolute Gasteiger partial charge is 0.451 e. The van der Waals surface area contributed by atoms with Crippen LogP contribution >= 0.6 is 7.75 Å². The Morgan fingerprint density at radius 2 is 2.17 bits per heavy atom. The van der Waals surface area contributed by atoms with E-state index in [9.17, 15) is 14.5 Å². The van der Waals surface area contributed by atoms with E-state index in [1.165, 1.54) is 19.6 Å². The zero-order valence-corrected chi connectivity index (χ0v) is 20.2. The Morgan fingerprint density at radius 1 is 1.39 bits per heavy atom. The zero-order chi connectivity index (χ0) is 25.7. The van der Waals surface area contributed by atoms with Gasteiger partial charge in [-0.15, -0.1) is 6.42 Å². The number of imidazole rings is 1. The van der Waals surface area contributed by atoms with E-state index in [0.29, 0.717) is 11.2 Å². The molecule has 4 N–H and O–H groups in total. The molecule has 36 heavy (non-hydrogen) atoms. The third kappa shape index (κ3) is 5.81. The molecular weight excluding hydrogens is 491 g/mol. The van der Waals surface area contributed by atoms with E-state index in [4.69, 9.17) is 30.7 Å². The van der Waals surface area contributed by atoms with E-state index in [2.05, 4.69) is 26.0 Å². The van der Waals surface area contributed by atoms with Gasteiger partial charge in [0.2, 0.25) is 0 Å². The summed E-state index contributed by atoms with van der Waals surface area (Å²) in [5.74, 6) is 1.91. The Bertz CT molecular complexity index is 1300. The summed E-state index contributed by atoms with van der Waals surface area (Å²) >= 11 is 0. The molecule has 1 fully saturated rings. The molecule has 1 unspecified atom stereocenters. The lowest BCUT2D eigenvalue weighted by Gasteiger charge is -2.24. The molecule has 14 heteroatoms. The second-order valence-corrected chi connectivity index (χ2v) is 9.57. The fourth-order valence-corrected chi connectivity index (χ4v) is 5.03. The molecule has 13 nitrogen and oxygen atoms in total. The van der Waals surface area contributed by atoms with E-state index < -0.39 is 38.2 Å². The van der Waals surface area contributed by atoms with Gasteiger partial charge in [0.1, 0.15) is 36.0 Å². The Kier molecular flexibility index (Phi) is 7.83. The minimum absolute atomic E-state index is 0.190. The van der Waals surface area contributed by atoms with Gasteiger partial charge in [0.05, 0.1) is 19.0 Å². The lowest BCUT2D eigenvalue weighted by Crippen LogP contribution is -2.36. The fourth-order valence-electron chi connectivity index (χ4n) is 3.53.